The Morgan fingerprint density at radius 3 is 2.53 bits per heavy atom. The van der Waals surface area contributed by atoms with Crippen LogP contribution >= 0.6 is 11.6 Å². The largest absolute Gasteiger partial charge is 0.495 e. The Hall–Kier alpha value is -3.58. The molecule has 0 saturated heterocycles. The summed E-state index contributed by atoms with van der Waals surface area (Å²) in [5, 5.41) is 3.41. The van der Waals surface area contributed by atoms with Crippen LogP contribution in [0.1, 0.15) is 11.3 Å². The van der Waals surface area contributed by atoms with E-state index in [2.05, 4.69) is 5.32 Å². The normalized spacial score (nSPS) is 13.9. The number of hydrogen-bond acceptors (Lipinski definition) is 5. The molecule has 6 nitrogen and oxygen atoms in total. The van der Waals surface area contributed by atoms with Crippen LogP contribution in [0.4, 0.5) is 10.1 Å². The van der Waals surface area contributed by atoms with Gasteiger partial charge < -0.3 is 14.5 Å². The van der Waals surface area contributed by atoms with Gasteiger partial charge in [0.1, 0.15) is 23.0 Å². The minimum atomic E-state index is -0.544. The maximum atomic E-state index is 13.4. The maximum Gasteiger partial charge on any atom is 0.278 e. The molecule has 2 amide bonds. The summed E-state index contributed by atoms with van der Waals surface area (Å²) in [5.41, 5.74) is 0.980. The molecule has 0 atom stereocenters. The number of benzene rings is 2. The molecule has 2 aromatic carbocycles. The van der Waals surface area contributed by atoms with Gasteiger partial charge in [0, 0.05) is 5.02 Å². The predicted octanol–water partition coefficient (Wildman–Crippen LogP) is 4.47. The number of nitrogens with zero attached hydrogens (tertiary/aromatic N) is 1. The first-order chi connectivity index (χ1) is 14.5. The summed E-state index contributed by atoms with van der Waals surface area (Å²) < 4.78 is 24.0. The Kier molecular flexibility index (Phi) is 5.29. The number of hydrogen-bond donors (Lipinski definition) is 1. The Balaban J connectivity index is 1.79. The Labute approximate surface area is 176 Å². The fourth-order valence-electron chi connectivity index (χ4n) is 3.19. The average molecular weight is 427 g/mol. The molecule has 0 radical (unpaired) electrons. The van der Waals surface area contributed by atoms with Crippen molar-refractivity contribution >= 4 is 34.7 Å². The molecule has 0 unspecified atom stereocenters. The number of furan rings is 1. The Morgan fingerprint density at radius 2 is 1.87 bits per heavy atom. The van der Waals surface area contributed by atoms with Gasteiger partial charge in [0.2, 0.25) is 0 Å². The first-order valence-corrected chi connectivity index (χ1v) is 9.35. The molecule has 1 N–H and O–H groups in total. The molecule has 1 aromatic heterocycles. The monoisotopic (exact) mass is 426 g/mol. The summed E-state index contributed by atoms with van der Waals surface area (Å²) in [6, 6.07) is 13.6. The van der Waals surface area contributed by atoms with Crippen LogP contribution in [0.15, 0.2) is 71.0 Å². The van der Waals surface area contributed by atoms with Gasteiger partial charge in [-0.15, -0.1) is 0 Å². The van der Waals surface area contributed by atoms with Gasteiger partial charge in [-0.05, 0) is 48.0 Å². The number of carbonyl (C=O) groups excluding carboxylic acids is 2. The van der Waals surface area contributed by atoms with Gasteiger partial charge in [-0.3, -0.25) is 14.5 Å². The van der Waals surface area contributed by atoms with Crippen molar-refractivity contribution in [3.05, 3.63) is 88.7 Å². The molecule has 1 aliphatic heterocycles. The number of carbonyl (C=O) groups is 2. The second-order valence-corrected chi connectivity index (χ2v) is 6.94. The van der Waals surface area contributed by atoms with Crippen LogP contribution in [-0.2, 0) is 16.1 Å². The molecule has 2 heterocycles. The van der Waals surface area contributed by atoms with Gasteiger partial charge in [0.05, 0.1) is 31.2 Å². The Morgan fingerprint density at radius 1 is 1.10 bits per heavy atom. The number of methoxy groups -OCH3 is 1. The van der Waals surface area contributed by atoms with Crippen molar-refractivity contribution in [2.45, 2.75) is 6.54 Å². The van der Waals surface area contributed by atoms with E-state index < -0.39 is 17.6 Å². The summed E-state index contributed by atoms with van der Waals surface area (Å²) in [6.45, 7) is -0.0345. The fourth-order valence-corrected chi connectivity index (χ4v) is 3.36. The highest BCUT2D eigenvalue weighted by molar-refractivity contribution is 6.36. The lowest BCUT2D eigenvalue weighted by Gasteiger charge is -2.14. The molecule has 0 spiro atoms. The number of amides is 2. The van der Waals surface area contributed by atoms with Gasteiger partial charge in [-0.1, -0.05) is 23.7 Å². The van der Waals surface area contributed by atoms with E-state index in [4.69, 9.17) is 20.8 Å². The Bertz CT molecular complexity index is 1140. The highest BCUT2D eigenvalue weighted by Crippen LogP contribution is 2.35. The van der Waals surface area contributed by atoms with Gasteiger partial charge in [-0.25, -0.2) is 4.39 Å². The zero-order valence-electron chi connectivity index (χ0n) is 15.8. The third-order valence-electron chi connectivity index (χ3n) is 4.62. The molecule has 0 saturated carbocycles. The van der Waals surface area contributed by atoms with Gasteiger partial charge in [0.15, 0.2) is 0 Å². The first kappa shape index (κ1) is 19.7. The van der Waals surface area contributed by atoms with Crippen molar-refractivity contribution in [3.8, 4) is 5.75 Å². The zero-order chi connectivity index (χ0) is 21.3. The lowest BCUT2D eigenvalue weighted by molar-refractivity contribution is -0.137. The predicted molar refractivity (Wildman–Crippen MR) is 109 cm³/mol. The summed E-state index contributed by atoms with van der Waals surface area (Å²) >= 11 is 6.09. The number of rotatable bonds is 6. The molecule has 0 fully saturated rings. The highest BCUT2D eigenvalue weighted by atomic mass is 35.5. The average Bonchev–Trinajstić information content (AvgIpc) is 3.32. The number of anilines is 1. The van der Waals surface area contributed by atoms with Crippen molar-refractivity contribution in [3.63, 3.8) is 0 Å². The molecule has 1 aliphatic rings. The van der Waals surface area contributed by atoms with E-state index in [0.29, 0.717) is 27.8 Å². The van der Waals surface area contributed by atoms with E-state index in [1.54, 1.807) is 30.3 Å². The molecular formula is C22H16ClFN2O4. The van der Waals surface area contributed by atoms with Crippen LogP contribution in [0.3, 0.4) is 0 Å². The molecule has 3 aromatic rings. The minimum absolute atomic E-state index is 0.0345. The molecule has 0 bridgehead atoms. The van der Waals surface area contributed by atoms with Crippen LogP contribution in [0.2, 0.25) is 5.02 Å². The van der Waals surface area contributed by atoms with E-state index in [9.17, 15) is 14.0 Å². The molecular weight excluding hydrogens is 411 g/mol. The van der Waals surface area contributed by atoms with Crippen LogP contribution in [0.25, 0.3) is 5.57 Å². The topological polar surface area (TPSA) is 71.8 Å². The van der Waals surface area contributed by atoms with Crippen molar-refractivity contribution < 1.29 is 23.1 Å². The summed E-state index contributed by atoms with van der Waals surface area (Å²) in [7, 11) is 1.48. The number of ether oxygens (including phenoxy) is 1. The lowest BCUT2D eigenvalue weighted by atomic mass is 10.0. The fraction of sp³-hybridized carbons (Fsp3) is 0.0909. The number of imide groups is 1. The van der Waals surface area contributed by atoms with E-state index in [0.717, 1.165) is 4.90 Å². The van der Waals surface area contributed by atoms with Gasteiger partial charge >= 0.3 is 0 Å². The summed E-state index contributed by atoms with van der Waals surface area (Å²) in [4.78, 5) is 27.4. The molecule has 8 heteroatoms. The van der Waals surface area contributed by atoms with Gasteiger partial charge in [-0.2, -0.15) is 0 Å². The van der Waals surface area contributed by atoms with E-state index in [-0.39, 0.29) is 17.8 Å². The van der Waals surface area contributed by atoms with Crippen molar-refractivity contribution in [2.24, 2.45) is 0 Å². The van der Waals surface area contributed by atoms with Crippen molar-refractivity contribution in [1.29, 1.82) is 0 Å². The van der Waals surface area contributed by atoms with Crippen LogP contribution < -0.4 is 10.1 Å². The van der Waals surface area contributed by atoms with Crippen LogP contribution in [0, 0.1) is 5.82 Å². The first-order valence-electron chi connectivity index (χ1n) is 8.97. The molecule has 30 heavy (non-hydrogen) atoms. The van der Waals surface area contributed by atoms with Gasteiger partial charge in [0.25, 0.3) is 11.8 Å². The molecule has 0 aliphatic carbocycles. The van der Waals surface area contributed by atoms with Crippen molar-refractivity contribution in [2.75, 3.05) is 12.4 Å². The van der Waals surface area contributed by atoms with Crippen LogP contribution in [-0.4, -0.2) is 23.8 Å². The molecule has 4 rings (SSSR count). The lowest BCUT2D eigenvalue weighted by Crippen LogP contribution is -2.31. The van der Waals surface area contributed by atoms with Crippen LogP contribution in [0.5, 0.6) is 5.75 Å². The number of halogens is 2. The maximum absolute atomic E-state index is 13.4. The standard InChI is InChI=1S/C22H16ClFN2O4/c1-29-18-9-6-14(23)11-17(18)25-20-19(13-4-7-15(24)8-5-13)21(27)26(22(20)28)12-16-3-2-10-30-16/h2-11,25H,12H2,1H3. The molecule has 152 valence electrons. The third-order valence-corrected chi connectivity index (χ3v) is 4.85. The van der Waals surface area contributed by atoms with Crippen molar-refractivity contribution in [1.82, 2.24) is 4.90 Å². The SMILES string of the molecule is COc1ccc(Cl)cc1NC1=C(c2ccc(F)cc2)C(=O)N(Cc2ccco2)C1=O. The summed E-state index contributed by atoms with van der Waals surface area (Å²) in [6.07, 6.45) is 1.46. The van der Waals surface area contributed by atoms with E-state index in [1.807, 2.05) is 0 Å². The third kappa shape index (κ3) is 3.67. The van der Waals surface area contributed by atoms with E-state index >= 15 is 0 Å². The van der Waals surface area contributed by atoms with E-state index in [1.165, 1.54) is 37.6 Å². The number of nitrogens with one attached hydrogen (secondary N) is 1. The highest BCUT2D eigenvalue weighted by Gasteiger charge is 2.40. The second-order valence-electron chi connectivity index (χ2n) is 6.50. The minimum Gasteiger partial charge on any atom is -0.495 e. The summed E-state index contributed by atoms with van der Waals surface area (Å²) in [5.74, 6) is -0.620. The second kappa shape index (κ2) is 8.04. The smallest absolute Gasteiger partial charge is 0.278 e. The zero-order valence-corrected chi connectivity index (χ0v) is 16.6. The quantitative estimate of drug-likeness (QED) is 0.589.